The largest absolute Gasteiger partial charge is 0.380 e. The van der Waals surface area contributed by atoms with E-state index in [9.17, 15) is 5.11 Å². The third kappa shape index (κ3) is 0.697. The smallest absolute Gasteiger partial charge is 0.121 e. The summed E-state index contributed by atoms with van der Waals surface area (Å²) in [5.41, 5.74) is 1.63. The monoisotopic (exact) mass is 286 g/mol. The van der Waals surface area contributed by atoms with E-state index in [2.05, 4.69) is 60.7 Å². The molecule has 6 aliphatic carbocycles. The van der Waals surface area contributed by atoms with Crippen LogP contribution in [-0.2, 0) is 5.60 Å². The van der Waals surface area contributed by atoms with Crippen LogP contribution in [-0.4, -0.2) is 5.11 Å². The van der Waals surface area contributed by atoms with Crippen molar-refractivity contribution in [1.29, 1.82) is 0 Å². The van der Waals surface area contributed by atoms with Gasteiger partial charge in [0.15, 0.2) is 0 Å². The highest BCUT2D eigenvalue weighted by Gasteiger charge is 3.07. The van der Waals surface area contributed by atoms with Crippen LogP contribution in [0.2, 0.25) is 0 Å². The molecule has 6 saturated carbocycles. The second-order valence-corrected chi connectivity index (χ2v) is 8.26. The van der Waals surface area contributed by atoms with E-state index in [1.54, 1.807) is 0 Å². The SMILES string of the molecule is OC(c1ccccc1)(c1ccccc1)C12C3C4C5C3C1C5C42. The molecule has 0 atom stereocenters. The molecule has 0 spiro atoms. The Kier molecular flexibility index (Phi) is 1.46. The van der Waals surface area contributed by atoms with E-state index in [1.807, 2.05) is 0 Å². The van der Waals surface area contributed by atoms with Crippen LogP contribution in [0.5, 0.6) is 0 Å². The third-order valence-corrected chi connectivity index (χ3v) is 8.49. The van der Waals surface area contributed by atoms with Crippen molar-refractivity contribution in [2.45, 2.75) is 5.60 Å². The van der Waals surface area contributed by atoms with Crippen molar-refractivity contribution < 1.29 is 5.11 Å². The Hall–Kier alpha value is -1.60. The fraction of sp³-hybridized carbons (Fsp3) is 0.429. The standard InChI is InChI=1S/C21H18O/c22-21(11-7-3-1-4-8-11,12-9-5-2-6-10-12)20-17-14-13-15(17)19(20)16(13)18(14)20/h1-10,13-19,22H. The summed E-state index contributed by atoms with van der Waals surface area (Å²) in [6.45, 7) is 0. The molecule has 0 amide bonds. The lowest BCUT2D eigenvalue weighted by atomic mass is 8.95. The first-order valence-electron chi connectivity index (χ1n) is 8.66. The Bertz CT molecular complexity index is 718. The molecule has 6 aliphatic rings. The van der Waals surface area contributed by atoms with Crippen LogP contribution in [0.25, 0.3) is 0 Å². The summed E-state index contributed by atoms with van der Waals surface area (Å²) in [6.07, 6.45) is 0. The zero-order valence-electron chi connectivity index (χ0n) is 12.3. The summed E-state index contributed by atoms with van der Waals surface area (Å²) in [5, 5.41) is 12.1. The summed E-state index contributed by atoms with van der Waals surface area (Å²) in [5.74, 6) is 6.50. The molecule has 0 aliphatic heterocycles. The van der Waals surface area contributed by atoms with E-state index in [-0.39, 0.29) is 5.41 Å². The molecule has 0 bridgehead atoms. The highest BCUT2D eigenvalue weighted by Crippen LogP contribution is 3.08. The van der Waals surface area contributed by atoms with Gasteiger partial charge in [0.2, 0.25) is 0 Å². The fourth-order valence-corrected chi connectivity index (χ4v) is 8.18. The van der Waals surface area contributed by atoms with Gasteiger partial charge < -0.3 is 5.11 Å². The highest BCUT2D eigenvalue weighted by molar-refractivity contribution is 5.57. The van der Waals surface area contributed by atoms with Crippen molar-refractivity contribution in [3.63, 3.8) is 0 Å². The zero-order chi connectivity index (χ0) is 14.3. The number of hydrogen-bond acceptors (Lipinski definition) is 1. The first-order chi connectivity index (χ1) is 10.8. The molecule has 1 nitrogen and oxygen atoms in total. The quantitative estimate of drug-likeness (QED) is 0.918. The molecule has 2 aromatic carbocycles. The minimum Gasteiger partial charge on any atom is -0.380 e. The fourth-order valence-electron chi connectivity index (χ4n) is 8.18. The van der Waals surface area contributed by atoms with Crippen LogP contribution in [0.15, 0.2) is 60.7 Å². The Morgan fingerprint density at radius 3 is 1.45 bits per heavy atom. The maximum absolute atomic E-state index is 12.1. The molecule has 0 aromatic heterocycles. The molecule has 1 N–H and O–H groups in total. The molecule has 0 radical (unpaired) electrons. The van der Waals surface area contributed by atoms with Crippen molar-refractivity contribution in [2.75, 3.05) is 0 Å². The van der Waals surface area contributed by atoms with Gasteiger partial charge in [0.25, 0.3) is 0 Å². The second kappa shape index (κ2) is 2.92. The Balaban J connectivity index is 1.48. The van der Waals surface area contributed by atoms with Crippen molar-refractivity contribution in [1.82, 2.24) is 0 Å². The van der Waals surface area contributed by atoms with Crippen molar-refractivity contribution in [3.05, 3.63) is 71.8 Å². The first kappa shape index (κ1) is 11.0. The van der Waals surface area contributed by atoms with Gasteiger partial charge in [-0.15, -0.1) is 0 Å². The summed E-state index contributed by atoms with van der Waals surface area (Å²) >= 11 is 0. The molecule has 8 rings (SSSR count). The number of rotatable bonds is 3. The van der Waals surface area contributed by atoms with Gasteiger partial charge in [-0.2, -0.15) is 0 Å². The summed E-state index contributed by atoms with van der Waals surface area (Å²) in [6, 6.07) is 20.9. The van der Waals surface area contributed by atoms with Gasteiger partial charge in [-0.3, -0.25) is 0 Å². The summed E-state index contributed by atoms with van der Waals surface area (Å²) < 4.78 is 0. The van der Waals surface area contributed by atoms with Crippen LogP contribution in [0.4, 0.5) is 0 Å². The van der Waals surface area contributed by atoms with Crippen molar-refractivity contribution in [2.24, 2.45) is 46.8 Å². The molecule has 0 saturated heterocycles. The molecule has 6 fully saturated rings. The van der Waals surface area contributed by atoms with Gasteiger partial charge in [-0.05, 0) is 52.6 Å². The lowest BCUT2D eigenvalue weighted by Gasteiger charge is -3.09. The Morgan fingerprint density at radius 1 is 0.636 bits per heavy atom. The van der Waals surface area contributed by atoms with E-state index in [4.69, 9.17) is 0 Å². The molecule has 2 aromatic rings. The van der Waals surface area contributed by atoms with Crippen molar-refractivity contribution >= 4 is 0 Å². The van der Waals surface area contributed by atoms with Crippen LogP contribution in [0.1, 0.15) is 11.1 Å². The number of benzene rings is 2. The second-order valence-electron chi connectivity index (χ2n) is 8.26. The molecule has 108 valence electrons. The normalized spacial score (nSPS) is 50.7. The molecule has 0 unspecified atom stereocenters. The van der Waals surface area contributed by atoms with Crippen LogP contribution < -0.4 is 0 Å². The van der Waals surface area contributed by atoms with E-state index in [1.165, 1.54) is 0 Å². The molecular weight excluding hydrogens is 268 g/mol. The average Bonchev–Trinajstić information content (AvgIpc) is 2.62. The Labute approximate surface area is 130 Å². The van der Waals surface area contributed by atoms with Crippen LogP contribution in [0, 0.1) is 46.8 Å². The lowest BCUT2D eigenvalue weighted by Crippen LogP contribution is -3.08. The molecule has 1 heteroatoms. The first-order valence-corrected chi connectivity index (χ1v) is 8.66. The highest BCUT2D eigenvalue weighted by atomic mass is 16.3. The van der Waals surface area contributed by atoms with E-state index in [0.29, 0.717) is 0 Å². The zero-order valence-corrected chi connectivity index (χ0v) is 12.3. The summed E-state index contributed by atoms with van der Waals surface area (Å²) in [4.78, 5) is 0. The summed E-state index contributed by atoms with van der Waals surface area (Å²) in [7, 11) is 0. The van der Waals surface area contributed by atoms with Gasteiger partial charge in [0.1, 0.15) is 5.60 Å². The van der Waals surface area contributed by atoms with Gasteiger partial charge in [-0.25, -0.2) is 0 Å². The van der Waals surface area contributed by atoms with Crippen LogP contribution >= 0.6 is 0 Å². The molecular formula is C21H18O. The Morgan fingerprint density at radius 2 is 1.05 bits per heavy atom. The van der Waals surface area contributed by atoms with E-state index < -0.39 is 5.60 Å². The van der Waals surface area contributed by atoms with Crippen LogP contribution in [0.3, 0.4) is 0 Å². The predicted molar refractivity (Wildman–Crippen MR) is 82.7 cm³/mol. The minimum atomic E-state index is -0.773. The molecule has 0 heterocycles. The number of aliphatic hydroxyl groups is 1. The van der Waals surface area contributed by atoms with Crippen molar-refractivity contribution in [3.8, 4) is 0 Å². The average molecular weight is 286 g/mol. The van der Waals surface area contributed by atoms with Gasteiger partial charge in [-0.1, -0.05) is 60.7 Å². The van der Waals surface area contributed by atoms with E-state index in [0.717, 1.165) is 52.6 Å². The molecule has 22 heavy (non-hydrogen) atoms. The minimum absolute atomic E-state index is 0.185. The van der Waals surface area contributed by atoms with Gasteiger partial charge >= 0.3 is 0 Å². The third-order valence-electron chi connectivity index (χ3n) is 8.49. The number of hydrogen-bond donors (Lipinski definition) is 1. The topological polar surface area (TPSA) is 20.2 Å². The van der Waals surface area contributed by atoms with E-state index >= 15 is 0 Å². The maximum atomic E-state index is 12.1. The van der Waals surface area contributed by atoms with Gasteiger partial charge in [0.05, 0.1) is 0 Å². The van der Waals surface area contributed by atoms with Gasteiger partial charge in [0, 0.05) is 5.41 Å². The predicted octanol–water partition coefficient (Wildman–Crippen LogP) is 3.29. The lowest BCUT2D eigenvalue weighted by molar-refractivity contribution is -0.638. The maximum Gasteiger partial charge on any atom is 0.121 e.